The summed E-state index contributed by atoms with van der Waals surface area (Å²) < 4.78 is 1.27. The van der Waals surface area contributed by atoms with Crippen LogP contribution >= 0.6 is 11.8 Å². The van der Waals surface area contributed by atoms with E-state index in [-0.39, 0.29) is 17.9 Å². The summed E-state index contributed by atoms with van der Waals surface area (Å²) >= 11 is 1.23. The summed E-state index contributed by atoms with van der Waals surface area (Å²) in [5.41, 5.74) is 5.49. The lowest BCUT2D eigenvalue weighted by molar-refractivity contribution is -0.117. The molecule has 23 heavy (non-hydrogen) atoms. The van der Waals surface area contributed by atoms with Crippen LogP contribution < -0.4 is 5.73 Å². The Bertz CT molecular complexity index is 544. The van der Waals surface area contributed by atoms with Crippen molar-refractivity contribution in [1.29, 1.82) is 0 Å². The average Bonchev–Trinajstić information content (AvgIpc) is 2.93. The molecule has 1 aromatic heterocycles. The van der Waals surface area contributed by atoms with Crippen molar-refractivity contribution in [3.63, 3.8) is 0 Å². The van der Waals surface area contributed by atoms with E-state index in [1.807, 2.05) is 13.8 Å². The maximum atomic E-state index is 12.3. The molecule has 8 heteroatoms. The van der Waals surface area contributed by atoms with E-state index >= 15 is 0 Å². The van der Waals surface area contributed by atoms with E-state index in [1.165, 1.54) is 21.3 Å². The number of primary amides is 1. The molecule has 0 aliphatic heterocycles. The number of thioether (sulfide) groups is 1. The normalized spacial score (nSPS) is 13.6. The summed E-state index contributed by atoms with van der Waals surface area (Å²) in [6.07, 6.45) is 3.41. The Morgan fingerprint density at radius 1 is 1.35 bits per heavy atom. The van der Waals surface area contributed by atoms with Crippen molar-refractivity contribution in [2.75, 3.05) is 14.1 Å². The van der Waals surface area contributed by atoms with Crippen molar-refractivity contribution in [2.45, 2.75) is 62.8 Å². The Hall–Kier alpha value is -1.57. The molecule has 0 radical (unpaired) electrons. The van der Waals surface area contributed by atoms with Gasteiger partial charge in [-0.1, -0.05) is 45.4 Å². The summed E-state index contributed by atoms with van der Waals surface area (Å²) in [5, 5.41) is 4.36. The molecule has 0 spiro atoms. The largest absolute Gasteiger partial charge is 0.369 e. The second-order valence-corrected chi connectivity index (χ2v) is 6.97. The number of rotatable bonds is 8. The Balaban J connectivity index is 3.12. The summed E-state index contributed by atoms with van der Waals surface area (Å²) in [7, 11) is 3.31. The highest BCUT2D eigenvalue weighted by molar-refractivity contribution is 8.00. The summed E-state index contributed by atoms with van der Waals surface area (Å²) in [6.45, 7) is 6.11. The van der Waals surface area contributed by atoms with Gasteiger partial charge in [-0.15, -0.1) is 5.10 Å². The maximum absolute atomic E-state index is 12.3. The van der Waals surface area contributed by atoms with Crippen LogP contribution in [0.2, 0.25) is 0 Å². The highest BCUT2D eigenvalue weighted by Gasteiger charge is 2.25. The van der Waals surface area contributed by atoms with Crippen molar-refractivity contribution in [2.24, 2.45) is 5.73 Å². The van der Waals surface area contributed by atoms with Gasteiger partial charge in [-0.25, -0.2) is 9.78 Å². The molecule has 1 aromatic rings. The Morgan fingerprint density at radius 2 is 2.00 bits per heavy atom. The quantitative estimate of drug-likeness (QED) is 0.733. The molecule has 0 aliphatic carbocycles. The van der Waals surface area contributed by atoms with Crippen molar-refractivity contribution in [3.8, 4) is 0 Å². The minimum absolute atomic E-state index is 0.147. The number of hydrogen-bond donors (Lipinski definition) is 1. The number of carbonyl (C=O) groups is 2. The summed E-state index contributed by atoms with van der Waals surface area (Å²) in [5.74, 6) is 0.373. The number of hydrogen-bond acceptors (Lipinski definition) is 5. The highest BCUT2D eigenvalue weighted by Crippen LogP contribution is 2.27. The van der Waals surface area contributed by atoms with Crippen LogP contribution in [0.3, 0.4) is 0 Å². The first-order valence-electron chi connectivity index (χ1n) is 7.96. The molecular weight excluding hydrogens is 314 g/mol. The lowest BCUT2D eigenvalue weighted by atomic mass is 10.1. The van der Waals surface area contributed by atoms with E-state index in [2.05, 4.69) is 17.0 Å². The first-order valence-corrected chi connectivity index (χ1v) is 8.84. The van der Waals surface area contributed by atoms with E-state index in [9.17, 15) is 9.59 Å². The molecule has 0 aliphatic rings. The van der Waals surface area contributed by atoms with Gasteiger partial charge in [0.2, 0.25) is 5.91 Å². The van der Waals surface area contributed by atoms with E-state index in [0.717, 1.165) is 19.3 Å². The second kappa shape index (κ2) is 8.90. The number of carbonyl (C=O) groups excluding carboxylic acids is 2. The average molecular weight is 341 g/mol. The van der Waals surface area contributed by atoms with Crippen LogP contribution in [0.1, 0.15) is 58.2 Å². The van der Waals surface area contributed by atoms with Crippen molar-refractivity contribution in [1.82, 2.24) is 19.7 Å². The number of nitrogens with two attached hydrogens (primary N) is 1. The molecule has 7 nitrogen and oxygen atoms in total. The van der Waals surface area contributed by atoms with Gasteiger partial charge in [0.1, 0.15) is 0 Å². The van der Waals surface area contributed by atoms with E-state index in [1.54, 1.807) is 14.1 Å². The van der Waals surface area contributed by atoms with Gasteiger partial charge in [0, 0.05) is 20.0 Å². The molecule has 0 fully saturated rings. The lowest BCUT2D eigenvalue weighted by Crippen LogP contribution is -2.30. The fourth-order valence-electron chi connectivity index (χ4n) is 1.87. The summed E-state index contributed by atoms with van der Waals surface area (Å²) in [6, 6.07) is -0.284. The van der Waals surface area contributed by atoms with E-state index in [4.69, 9.17) is 5.73 Å². The van der Waals surface area contributed by atoms with Crippen LogP contribution in [0.5, 0.6) is 0 Å². The van der Waals surface area contributed by atoms with Crippen LogP contribution in [0.25, 0.3) is 0 Å². The fraction of sp³-hybridized carbons (Fsp3) is 0.733. The van der Waals surface area contributed by atoms with Gasteiger partial charge < -0.3 is 10.6 Å². The zero-order chi connectivity index (χ0) is 17.6. The number of unbranched alkanes of at least 4 members (excludes halogenated alkanes) is 1. The Morgan fingerprint density at radius 3 is 2.48 bits per heavy atom. The highest BCUT2D eigenvalue weighted by atomic mass is 32.2. The predicted octanol–water partition coefficient (Wildman–Crippen LogP) is 2.46. The van der Waals surface area contributed by atoms with Gasteiger partial charge in [-0.05, 0) is 12.8 Å². The van der Waals surface area contributed by atoms with Crippen LogP contribution in [-0.4, -0.2) is 50.9 Å². The van der Waals surface area contributed by atoms with Gasteiger partial charge in [-0.3, -0.25) is 4.79 Å². The molecule has 2 N–H and O–H groups in total. The second-order valence-electron chi connectivity index (χ2n) is 5.80. The monoisotopic (exact) mass is 341 g/mol. The van der Waals surface area contributed by atoms with Gasteiger partial charge in [0.15, 0.2) is 11.0 Å². The molecule has 0 saturated heterocycles. The number of nitrogens with zero attached hydrogens (tertiary/aromatic N) is 4. The smallest absolute Gasteiger partial charge is 0.346 e. The van der Waals surface area contributed by atoms with Crippen molar-refractivity contribution >= 4 is 23.7 Å². The first-order chi connectivity index (χ1) is 10.8. The minimum Gasteiger partial charge on any atom is -0.369 e. The fourth-order valence-corrected chi connectivity index (χ4v) is 2.89. The Kier molecular flexibility index (Phi) is 7.54. The van der Waals surface area contributed by atoms with Crippen LogP contribution in [0.15, 0.2) is 5.16 Å². The third kappa shape index (κ3) is 5.23. The van der Waals surface area contributed by atoms with E-state index < -0.39 is 5.25 Å². The molecule has 2 amide bonds. The SMILES string of the molecule is CCCCC(Sc1nc(C(C)CC)nn1C(=O)N(C)C)C(N)=O. The van der Waals surface area contributed by atoms with Crippen LogP contribution in [0.4, 0.5) is 4.79 Å². The molecule has 2 atom stereocenters. The Labute approximate surface area is 142 Å². The maximum Gasteiger partial charge on any atom is 0.346 e. The van der Waals surface area contributed by atoms with Gasteiger partial charge in [0.05, 0.1) is 5.25 Å². The van der Waals surface area contributed by atoms with Crippen LogP contribution in [-0.2, 0) is 4.79 Å². The molecule has 2 unspecified atom stereocenters. The molecule has 130 valence electrons. The zero-order valence-electron chi connectivity index (χ0n) is 14.6. The van der Waals surface area contributed by atoms with Gasteiger partial charge in [-0.2, -0.15) is 4.68 Å². The molecule has 1 heterocycles. The van der Waals surface area contributed by atoms with E-state index in [0.29, 0.717) is 17.4 Å². The van der Waals surface area contributed by atoms with Crippen LogP contribution in [0, 0.1) is 0 Å². The summed E-state index contributed by atoms with van der Waals surface area (Å²) in [4.78, 5) is 29.9. The zero-order valence-corrected chi connectivity index (χ0v) is 15.4. The molecule has 0 aromatic carbocycles. The standard InChI is InChI=1S/C15H27N5O2S/c1-6-8-9-11(12(16)21)23-14-17-13(10(3)7-2)18-20(14)15(22)19(4)5/h10-11H,6-9H2,1-5H3,(H2,16,21). The van der Waals surface area contributed by atoms with Gasteiger partial charge >= 0.3 is 6.03 Å². The van der Waals surface area contributed by atoms with Crippen molar-refractivity contribution in [3.05, 3.63) is 5.82 Å². The third-order valence-electron chi connectivity index (χ3n) is 3.60. The number of aromatic nitrogens is 3. The predicted molar refractivity (Wildman–Crippen MR) is 91.6 cm³/mol. The van der Waals surface area contributed by atoms with Gasteiger partial charge in [0.25, 0.3) is 0 Å². The topological polar surface area (TPSA) is 94.1 Å². The lowest BCUT2D eigenvalue weighted by Gasteiger charge is -2.14. The first kappa shape index (κ1) is 19.5. The minimum atomic E-state index is -0.405. The molecule has 1 rings (SSSR count). The third-order valence-corrected chi connectivity index (χ3v) is 4.82. The van der Waals surface area contributed by atoms with Crippen molar-refractivity contribution < 1.29 is 9.59 Å². The molecule has 0 saturated carbocycles. The number of amides is 2. The molecule has 0 bridgehead atoms. The molecular formula is C15H27N5O2S.